The second-order valence-corrected chi connectivity index (χ2v) is 9.35. The Balaban J connectivity index is 1.13. The number of nitrogens with zero attached hydrogens (tertiary/aromatic N) is 3. The molecule has 0 unspecified atom stereocenters. The zero-order chi connectivity index (χ0) is 21.9. The molecule has 0 saturated carbocycles. The highest BCUT2D eigenvalue weighted by molar-refractivity contribution is 7.98. The number of carbonyl (C=O) groups excluding carboxylic acids is 1. The highest BCUT2D eigenvalue weighted by Crippen LogP contribution is 2.30. The fraction of sp³-hybridized carbons (Fsp3) is 0.296. The molecular formula is C27H29N3OS. The average Bonchev–Trinajstić information content (AvgIpc) is 2.84. The first-order valence-electron chi connectivity index (χ1n) is 11.3. The van der Waals surface area contributed by atoms with Gasteiger partial charge in [0.1, 0.15) is 0 Å². The summed E-state index contributed by atoms with van der Waals surface area (Å²) in [5.74, 6) is 0.147. The lowest BCUT2D eigenvalue weighted by Gasteiger charge is -2.48. The zero-order valence-corrected chi connectivity index (χ0v) is 19.3. The Morgan fingerprint density at radius 3 is 2.09 bits per heavy atom. The highest BCUT2D eigenvalue weighted by atomic mass is 32.2. The van der Waals surface area contributed by atoms with Gasteiger partial charge in [0.2, 0.25) is 0 Å². The van der Waals surface area contributed by atoms with Crippen molar-refractivity contribution >= 4 is 23.4 Å². The van der Waals surface area contributed by atoms with Crippen LogP contribution in [0.4, 0.5) is 5.69 Å². The Labute approximate surface area is 194 Å². The summed E-state index contributed by atoms with van der Waals surface area (Å²) in [6.07, 6.45) is 2.14. The molecule has 0 aliphatic carbocycles. The first-order valence-corrected chi connectivity index (χ1v) is 12.5. The van der Waals surface area contributed by atoms with E-state index in [0.717, 1.165) is 50.4 Å². The lowest BCUT2D eigenvalue weighted by atomic mass is 10.0. The van der Waals surface area contributed by atoms with Crippen LogP contribution in [0.3, 0.4) is 0 Å². The van der Waals surface area contributed by atoms with E-state index < -0.39 is 0 Å². The third kappa shape index (κ3) is 4.27. The largest absolute Gasteiger partial charge is 0.368 e. The fourth-order valence-corrected chi connectivity index (χ4v) is 5.31. The van der Waals surface area contributed by atoms with Crippen LogP contribution >= 0.6 is 11.8 Å². The maximum atomic E-state index is 12.9. The summed E-state index contributed by atoms with van der Waals surface area (Å²) < 4.78 is 0. The molecule has 5 heteroatoms. The van der Waals surface area contributed by atoms with Gasteiger partial charge in [-0.2, -0.15) is 0 Å². The molecular weight excluding hydrogens is 414 g/mol. The molecule has 2 heterocycles. The zero-order valence-electron chi connectivity index (χ0n) is 18.5. The number of thioether (sulfide) groups is 1. The standard InChI is InChI=1S/C27H29N3OS/c1-32-26-10-6-5-9-25(26)29-17-15-28(16-18-29)24-19-30(20-24)27(31)23-13-11-22(12-14-23)21-7-3-2-4-8-21/h2-14,24H,15-20H2,1H3. The quantitative estimate of drug-likeness (QED) is 0.533. The van der Waals surface area contributed by atoms with Gasteiger partial charge >= 0.3 is 0 Å². The van der Waals surface area contributed by atoms with Crippen molar-refractivity contribution in [1.82, 2.24) is 9.80 Å². The van der Waals surface area contributed by atoms with E-state index in [1.807, 2.05) is 59.1 Å². The van der Waals surface area contributed by atoms with Crippen molar-refractivity contribution in [1.29, 1.82) is 0 Å². The SMILES string of the molecule is CSc1ccccc1N1CCN(C2CN(C(=O)c3ccc(-c4ccccc4)cc3)C2)CC1. The van der Waals surface area contributed by atoms with Gasteiger partial charge < -0.3 is 9.80 Å². The van der Waals surface area contributed by atoms with E-state index >= 15 is 0 Å². The van der Waals surface area contributed by atoms with Crippen LogP contribution in [0.5, 0.6) is 0 Å². The van der Waals surface area contributed by atoms with Gasteiger partial charge in [-0.25, -0.2) is 0 Å². The second-order valence-electron chi connectivity index (χ2n) is 8.50. The Bertz CT molecular complexity index is 1060. The van der Waals surface area contributed by atoms with Gasteiger partial charge in [0.15, 0.2) is 0 Å². The number of likely N-dealkylation sites (tertiary alicyclic amines) is 1. The minimum absolute atomic E-state index is 0.147. The van der Waals surface area contributed by atoms with Gasteiger partial charge in [-0.05, 0) is 41.6 Å². The van der Waals surface area contributed by atoms with Crippen LogP contribution in [0.15, 0.2) is 83.8 Å². The number of hydrogen-bond acceptors (Lipinski definition) is 4. The molecule has 0 atom stereocenters. The lowest BCUT2D eigenvalue weighted by molar-refractivity contribution is 0.0246. The van der Waals surface area contributed by atoms with Gasteiger partial charge in [-0.3, -0.25) is 9.69 Å². The molecule has 164 valence electrons. The molecule has 3 aromatic rings. The van der Waals surface area contributed by atoms with Crippen LogP contribution in [-0.4, -0.2) is 67.3 Å². The van der Waals surface area contributed by atoms with Gasteiger partial charge in [0.25, 0.3) is 5.91 Å². The molecule has 0 bridgehead atoms. The summed E-state index contributed by atoms with van der Waals surface area (Å²) in [5, 5.41) is 0. The van der Waals surface area contributed by atoms with Crippen molar-refractivity contribution in [3.63, 3.8) is 0 Å². The van der Waals surface area contributed by atoms with Crippen LogP contribution < -0.4 is 4.90 Å². The maximum Gasteiger partial charge on any atom is 0.253 e. The van der Waals surface area contributed by atoms with Crippen LogP contribution in [0.2, 0.25) is 0 Å². The predicted molar refractivity (Wildman–Crippen MR) is 134 cm³/mol. The molecule has 3 aromatic carbocycles. The molecule has 32 heavy (non-hydrogen) atoms. The molecule has 4 nitrogen and oxygen atoms in total. The maximum absolute atomic E-state index is 12.9. The van der Waals surface area contributed by atoms with Gasteiger partial charge in [-0.15, -0.1) is 11.8 Å². The van der Waals surface area contributed by atoms with E-state index in [-0.39, 0.29) is 5.91 Å². The van der Waals surface area contributed by atoms with Crippen molar-refractivity contribution in [3.8, 4) is 11.1 Å². The van der Waals surface area contributed by atoms with Gasteiger partial charge in [0.05, 0.1) is 5.69 Å². The number of carbonyl (C=O) groups is 1. The van der Waals surface area contributed by atoms with Crippen LogP contribution in [-0.2, 0) is 0 Å². The monoisotopic (exact) mass is 443 g/mol. The molecule has 2 aliphatic heterocycles. The normalized spacial score (nSPS) is 17.3. The number of hydrogen-bond donors (Lipinski definition) is 0. The molecule has 2 fully saturated rings. The van der Waals surface area contributed by atoms with Crippen molar-refractivity contribution in [2.24, 2.45) is 0 Å². The Morgan fingerprint density at radius 2 is 1.41 bits per heavy atom. The predicted octanol–water partition coefficient (Wildman–Crippen LogP) is 4.72. The third-order valence-electron chi connectivity index (χ3n) is 6.64. The molecule has 5 rings (SSSR count). The number of rotatable bonds is 5. The molecule has 0 N–H and O–H groups in total. The van der Waals surface area contributed by atoms with Gasteiger partial charge in [-0.1, -0.05) is 54.6 Å². The Morgan fingerprint density at radius 1 is 0.781 bits per heavy atom. The molecule has 1 amide bonds. The van der Waals surface area contributed by atoms with Gasteiger partial charge in [0, 0.05) is 55.8 Å². The first kappa shape index (κ1) is 21.1. The average molecular weight is 444 g/mol. The number of piperazine rings is 1. The van der Waals surface area contributed by atoms with Crippen LogP contribution in [0.1, 0.15) is 10.4 Å². The molecule has 0 aromatic heterocycles. The summed E-state index contributed by atoms with van der Waals surface area (Å²) in [5.41, 5.74) is 4.45. The number of benzene rings is 3. The van der Waals surface area contributed by atoms with E-state index in [4.69, 9.17) is 0 Å². The highest BCUT2D eigenvalue weighted by Gasteiger charge is 2.36. The van der Waals surface area contributed by atoms with Crippen LogP contribution in [0.25, 0.3) is 11.1 Å². The summed E-state index contributed by atoms with van der Waals surface area (Å²) in [4.78, 5) is 21.3. The fourth-order valence-electron chi connectivity index (χ4n) is 4.69. The minimum atomic E-state index is 0.147. The Hall–Kier alpha value is -2.76. The smallest absolute Gasteiger partial charge is 0.253 e. The number of para-hydroxylation sites is 1. The lowest BCUT2D eigenvalue weighted by Crippen LogP contribution is -2.64. The van der Waals surface area contributed by atoms with Crippen molar-refractivity contribution in [2.45, 2.75) is 10.9 Å². The molecule has 2 saturated heterocycles. The summed E-state index contributed by atoms with van der Waals surface area (Å²) in [6, 6.07) is 27.5. The van der Waals surface area contributed by atoms with E-state index in [0.29, 0.717) is 6.04 Å². The Kier molecular flexibility index (Phi) is 6.19. The topological polar surface area (TPSA) is 26.8 Å². The van der Waals surface area contributed by atoms with E-state index in [9.17, 15) is 4.79 Å². The second kappa shape index (κ2) is 9.39. The molecule has 0 radical (unpaired) electrons. The summed E-state index contributed by atoms with van der Waals surface area (Å²) in [7, 11) is 0. The third-order valence-corrected chi connectivity index (χ3v) is 7.43. The summed E-state index contributed by atoms with van der Waals surface area (Å²) >= 11 is 1.81. The summed E-state index contributed by atoms with van der Waals surface area (Å²) in [6.45, 7) is 5.87. The number of amides is 1. The number of anilines is 1. The van der Waals surface area contributed by atoms with E-state index in [1.165, 1.54) is 16.1 Å². The van der Waals surface area contributed by atoms with E-state index in [2.05, 4.69) is 52.5 Å². The first-order chi connectivity index (χ1) is 15.7. The van der Waals surface area contributed by atoms with Crippen LogP contribution in [0, 0.1) is 0 Å². The van der Waals surface area contributed by atoms with Crippen molar-refractivity contribution in [2.75, 3.05) is 50.4 Å². The molecule has 0 spiro atoms. The van der Waals surface area contributed by atoms with Crippen molar-refractivity contribution < 1.29 is 4.79 Å². The van der Waals surface area contributed by atoms with E-state index in [1.54, 1.807) is 0 Å². The molecule has 2 aliphatic rings. The van der Waals surface area contributed by atoms with Crippen molar-refractivity contribution in [3.05, 3.63) is 84.4 Å². The minimum Gasteiger partial charge on any atom is -0.368 e.